The summed E-state index contributed by atoms with van der Waals surface area (Å²) in [5.41, 5.74) is 1.93. The minimum Gasteiger partial charge on any atom is -0.413 e. The molecule has 1 aliphatic rings. The molecule has 0 aliphatic heterocycles. The number of carbonyl (C=O) groups excluding carboxylic acids is 1. The van der Waals surface area contributed by atoms with Gasteiger partial charge in [0.2, 0.25) is 5.89 Å². The Bertz CT molecular complexity index is 999. The number of carbonyl (C=O) groups is 1. The molecule has 156 valence electrons. The number of benzene rings is 2. The first-order valence-electron chi connectivity index (χ1n) is 9.53. The van der Waals surface area contributed by atoms with Crippen LogP contribution in [0.1, 0.15) is 30.7 Å². The molecule has 1 heterocycles. The summed E-state index contributed by atoms with van der Waals surface area (Å²) in [6.45, 7) is 0.306. The lowest BCUT2D eigenvalue weighted by Crippen LogP contribution is -2.47. The number of para-hydroxylation sites is 1. The Morgan fingerprint density at radius 2 is 1.77 bits per heavy atom. The Labute approximate surface area is 170 Å². The smallest absolute Gasteiger partial charge is 0.413 e. The SMILES string of the molecule is O=C(NC1CCC1)N(Cc1ccc(-c2nnc(C(F)(F)F)o2)cc1)c1ccccc1. The molecular weight excluding hydrogens is 397 g/mol. The van der Waals surface area contributed by atoms with E-state index in [4.69, 9.17) is 4.42 Å². The Kier molecular flexibility index (Phi) is 5.43. The first-order chi connectivity index (χ1) is 14.4. The van der Waals surface area contributed by atoms with E-state index in [9.17, 15) is 18.0 Å². The second-order valence-electron chi connectivity index (χ2n) is 7.11. The minimum absolute atomic E-state index is 0.179. The van der Waals surface area contributed by atoms with Gasteiger partial charge in [-0.1, -0.05) is 30.3 Å². The normalized spacial score (nSPS) is 14.2. The molecule has 2 amide bonds. The lowest BCUT2D eigenvalue weighted by Gasteiger charge is -2.31. The number of halogens is 3. The van der Waals surface area contributed by atoms with E-state index in [1.807, 2.05) is 30.3 Å². The molecule has 1 N–H and O–H groups in total. The number of urea groups is 1. The van der Waals surface area contributed by atoms with Crippen molar-refractivity contribution in [2.75, 3.05) is 4.90 Å². The van der Waals surface area contributed by atoms with E-state index in [-0.39, 0.29) is 18.0 Å². The van der Waals surface area contributed by atoms with Crippen molar-refractivity contribution in [1.82, 2.24) is 15.5 Å². The molecule has 0 saturated heterocycles. The zero-order valence-electron chi connectivity index (χ0n) is 15.9. The molecule has 0 atom stereocenters. The molecule has 0 spiro atoms. The number of hydrogen-bond acceptors (Lipinski definition) is 4. The zero-order chi connectivity index (χ0) is 21.1. The number of aromatic nitrogens is 2. The van der Waals surface area contributed by atoms with Crippen molar-refractivity contribution in [2.45, 2.75) is 38.0 Å². The third-order valence-corrected chi connectivity index (χ3v) is 4.95. The van der Waals surface area contributed by atoms with Crippen LogP contribution in [0.15, 0.2) is 59.0 Å². The topological polar surface area (TPSA) is 71.3 Å². The van der Waals surface area contributed by atoms with Gasteiger partial charge in [0.25, 0.3) is 0 Å². The molecule has 1 fully saturated rings. The summed E-state index contributed by atoms with van der Waals surface area (Å²) in [7, 11) is 0. The highest BCUT2D eigenvalue weighted by Gasteiger charge is 2.38. The van der Waals surface area contributed by atoms with Crippen LogP contribution in [-0.4, -0.2) is 22.3 Å². The summed E-state index contributed by atoms with van der Waals surface area (Å²) in [4.78, 5) is 14.5. The molecule has 1 saturated carbocycles. The summed E-state index contributed by atoms with van der Waals surface area (Å²) in [6, 6.07) is 15.9. The van der Waals surface area contributed by atoms with Crippen LogP contribution >= 0.6 is 0 Å². The Morgan fingerprint density at radius 3 is 2.33 bits per heavy atom. The van der Waals surface area contributed by atoms with E-state index >= 15 is 0 Å². The molecule has 0 unspecified atom stereocenters. The van der Waals surface area contributed by atoms with Crippen molar-refractivity contribution in [3.63, 3.8) is 0 Å². The average Bonchev–Trinajstić information content (AvgIpc) is 3.21. The number of nitrogens with one attached hydrogen (secondary N) is 1. The van der Waals surface area contributed by atoms with E-state index < -0.39 is 12.1 Å². The van der Waals surface area contributed by atoms with Gasteiger partial charge in [-0.15, -0.1) is 10.2 Å². The highest BCUT2D eigenvalue weighted by molar-refractivity contribution is 5.92. The van der Waals surface area contributed by atoms with Gasteiger partial charge in [-0.25, -0.2) is 4.79 Å². The van der Waals surface area contributed by atoms with E-state index in [1.165, 1.54) is 0 Å². The van der Waals surface area contributed by atoms with Gasteiger partial charge in [0, 0.05) is 17.3 Å². The Hall–Kier alpha value is -3.36. The summed E-state index contributed by atoms with van der Waals surface area (Å²) in [5, 5.41) is 9.53. The lowest BCUT2D eigenvalue weighted by molar-refractivity contribution is -0.156. The Balaban J connectivity index is 1.51. The van der Waals surface area contributed by atoms with Gasteiger partial charge in [-0.3, -0.25) is 4.90 Å². The highest BCUT2D eigenvalue weighted by atomic mass is 19.4. The first kappa shape index (κ1) is 19.9. The number of rotatable bonds is 5. The van der Waals surface area contributed by atoms with Crippen LogP contribution in [-0.2, 0) is 12.7 Å². The summed E-state index contributed by atoms with van der Waals surface area (Å²) >= 11 is 0. The molecule has 1 aliphatic carbocycles. The monoisotopic (exact) mass is 416 g/mol. The summed E-state index contributed by atoms with van der Waals surface area (Å²) in [6.07, 6.45) is -1.61. The molecule has 3 aromatic rings. The predicted octanol–water partition coefficient (Wildman–Crippen LogP) is 5.02. The van der Waals surface area contributed by atoms with Crippen molar-refractivity contribution < 1.29 is 22.4 Å². The van der Waals surface area contributed by atoms with Crippen molar-refractivity contribution in [3.8, 4) is 11.5 Å². The van der Waals surface area contributed by atoms with Crippen molar-refractivity contribution in [1.29, 1.82) is 0 Å². The van der Waals surface area contributed by atoms with E-state index in [0.717, 1.165) is 30.5 Å². The van der Waals surface area contributed by atoms with Gasteiger partial charge in [-0.2, -0.15) is 13.2 Å². The van der Waals surface area contributed by atoms with Gasteiger partial charge >= 0.3 is 18.1 Å². The molecule has 1 aromatic heterocycles. The number of anilines is 1. The third kappa shape index (κ3) is 4.45. The van der Waals surface area contributed by atoms with E-state index in [0.29, 0.717) is 12.1 Å². The molecule has 0 bridgehead atoms. The number of amides is 2. The van der Waals surface area contributed by atoms with Gasteiger partial charge < -0.3 is 9.73 Å². The Morgan fingerprint density at radius 1 is 1.07 bits per heavy atom. The third-order valence-electron chi connectivity index (χ3n) is 4.95. The number of alkyl halides is 3. The molecule has 6 nitrogen and oxygen atoms in total. The fourth-order valence-corrected chi connectivity index (χ4v) is 3.08. The maximum absolute atomic E-state index is 12.8. The maximum Gasteiger partial charge on any atom is 0.470 e. The molecule has 0 radical (unpaired) electrons. The summed E-state index contributed by atoms with van der Waals surface area (Å²) in [5.74, 6) is -1.60. The molecule has 2 aromatic carbocycles. The predicted molar refractivity (Wildman–Crippen MR) is 104 cm³/mol. The quantitative estimate of drug-likeness (QED) is 0.634. The van der Waals surface area contributed by atoms with Crippen molar-refractivity contribution in [2.24, 2.45) is 0 Å². The van der Waals surface area contributed by atoms with Crippen LogP contribution in [0.3, 0.4) is 0 Å². The number of hydrogen-bond donors (Lipinski definition) is 1. The highest BCUT2D eigenvalue weighted by Crippen LogP contribution is 2.30. The van der Waals surface area contributed by atoms with E-state index in [2.05, 4.69) is 15.5 Å². The number of nitrogens with zero attached hydrogens (tertiary/aromatic N) is 3. The second-order valence-corrected chi connectivity index (χ2v) is 7.11. The molecular formula is C21H19F3N4O2. The van der Waals surface area contributed by atoms with Gasteiger partial charge in [0.05, 0.1) is 6.54 Å². The van der Waals surface area contributed by atoms with Crippen molar-refractivity contribution >= 4 is 11.7 Å². The van der Waals surface area contributed by atoms with Crippen LogP contribution in [0.5, 0.6) is 0 Å². The van der Waals surface area contributed by atoms with Crippen LogP contribution < -0.4 is 10.2 Å². The van der Waals surface area contributed by atoms with Gasteiger partial charge in [-0.05, 0) is 49.1 Å². The standard InChI is InChI=1S/C21H19F3N4O2/c22-21(23,24)19-27-26-18(30-19)15-11-9-14(10-12-15)13-28(17-7-2-1-3-8-17)20(29)25-16-5-4-6-16/h1-3,7-12,16H,4-6,13H2,(H,25,29). The zero-order valence-corrected chi connectivity index (χ0v) is 15.9. The van der Waals surface area contributed by atoms with Crippen LogP contribution in [0.2, 0.25) is 0 Å². The summed E-state index contributed by atoms with van der Waals surface area (Å²) < 4.78 is 42.6. The average molecular weight is 416 g/mol. The fraction of sp³-hybridized carbons (Fsp3) is 0.286. The lowest BCUT2D eigenvalue weighted by atomic mass is 9.93. The molecule has 9 heteroatoms. The maximum atomic E-state index is 12.8. The van der Waals surface area contributed by atoms with Crippen LogP contribution in [0, 0.1) is 0 Å². The molecule has 30 heavy (non-hydrogen) atoms. The van der Waals surface area contributed by atoms with Gasteiger partial charge in [0.15, 0.2) is 0 Å². The fourth-order valence-electron chi connectivity index (χ4n) is 3.08. The van der Waals surface area contributed by atoms with Crippen LogP contribution in [0.25, 0.3) is 11.5 Å². The van der Waals surface area contributed by atoms with Crippen LogP contribution in [0.4, 0.5) is 23.7 Å². The second kappa shape index (κ2) is 8.17. The minimum atomic E-state index is -4.69. The van der Waals surface area contributed by atoms with Crippen molar-refractivity contribution in [3.05, 3.63) is 66.1 Å². The largest absolute Gasteiger partial charge is 0.470 e. The van der Waals surface area contributed by atoms with Gasteiger partial charge in [0.1, 0.15) is 0 Å². The first-order valence-corrected chi connectivity index (χ1v) is 9.53. The molecule has 4 rings (SSSR count). The van der Waals surface area contributed by atoms with E-state index in [1.54, 1.807) is 29.2 Å².